The average molecular weight is 282 g/mol. The van der Waals surface area contributed by atoms with Gasteiger partial charge in [-0.15, -0.1) is 0 Å². The molecule has 2 rings (SSSR count). The van der Waals surface area contributed by atoms with Crippen LogP contribution in [0.1, 0.15) is 40.0 Å². The van der Waals surface area contributed by atoms with Gasteiger partial charge in [0.25, 0.3) is 0 Å². The summed E-state index contributed by atoms with van der Waals surface area (Å²) >= 11 is 0. The number of carbonyl (C=O) groups excluding carboxylic acids is 1. The number of carbonyl (C=O) groups is 1. The first kappa shape index (κ1) is 15.7. The molecule has 3 atom stereocenters. The molecule has 5 nitrogen and oxygen atoms in total. The van der Waals surface area contributed by atoms with Gasteiger partial charge < -0.3 is 11.1 Å². The van der Waals surface area contributed by atoms with Crippen molar-refractivity contribution in [2.45, 2.75) is 57.7 Å². The predicted octanol–water partition coefficient (Wildman–Crippen LogP) is 0.399. The number of primary amides is 1. The van der Waals surface area contributed by atoms with Gasteiger partial charge in [-0.05, 0) is 39.3 Å². The summed E-state index contributed by atoms with van der Waals surface area (Å²) in [5.41, 5.74) is 5.19. The van der Waals surface area contributed by atoms with Gasteiger partial charge >= 0.3 is 0 Å². The van der Waals surface area contributed by atoms with Crippen LogP contribution in [0, 0.1) is 0 Å². The van der Waals surface area contributed by atoms with Gasteiger partial charge in [0.2, 0.25) is 5.91 Å². The van der Waals surface area contributed by atoms with Crippen LogP contribution in [0.2, 0.25) is 0 Å². The van der Waals surface area contributed by atoms with E-state index in [1.165, 1.54) is 0 Å². The van der Waals surface area contributed by atoms with Crippen molar-refractivity contribution in [2.24, 2.45) is 5.73 Å². The Morgan fingerprint density at radius 3 is 2.70 bits per heavy atom. The molecule has 0 aromatic heterocycles. The Kier molecular flexibility index (Phi) is 5.04. The van der Waals surface area contributed by atoms with E-state index in [0.717, 1.165) is 52.0 Å². The molecule has 2 aliphatic rings. The molecule has 116 valence electrons. The van der Waals surface area contributed by atoms with E-state index in [1.54, 1.807) is 0 Å². The van der Waals surface area contributed by atoms with Crippen molar-refractivity contribution in [3.05, 3.63) is 0 Å². The zero-order valence-corrected chi connectivity index (χ0v) is 13.2. The van der Waals surface area contributed by atoms with Gasteiger partial charge in [-0.25, -0.2) is 0 Å². The first-order chi connectivity index (χ1) is 9.52. The summed E-state index contributed by atoms with van der Waals surface area (Å²) < 4.78 is 0. The predicted molar refractivity (Wildman–Crippen MR) is 81.5 cm³/mol. The van der Waals surface area contributed by atoms with Gasteiger partial charge in [-0.3, -0.25) is 14.6 Å². The Balaban J connectivity index is 1.97. The normalized spacial score (nSPS) is 36.4. The van der Waals surface area contributed by atoms with Crippen LogP contribution in [0.4, 0.5) is 0 Å². The molecule has 1 amide bonds. The highest BCUT2D eigenvalue weighted by atomic mass is 16.1. The molecule has 0 bridgehead atoms. The van der Waals surface area contributed by atoms with Crippen LogP contribution >= 0.6 is 0 Å². The molecule has 0 radical (unpaired) electrons. The molecule has 3 N–H and O–H groups in total. The van der Waals surface area contributed by atoms with E-state index in [9.17, 15) is 4.79 Å². The van der Waals surface area contributed by atoms with Crippen LogP contribution in [0.5, 0.6) is 0 Å². The van der Waals surface area contributed by atoms with Crippen LogP contribution in [0.25, 0.3) is 0 Å². The molecule has 1 aliphatic carbocycles. The quantitative estimate of drug-likeness (QED) is 0.766. The smallest absolute Gasteiger partial charge is 0.237 e. The van der Waals surface area contributed by atoms with E-state index in [1.807, 2.05) is 6.92 Å². The number of likely N-dealkylation sites (N-methyl/N-ethyl adjacent to an activating group) is 2. The third kappa shape index (κ3) is 3.00. The Labute approximate surface area is 122 Å². The molecule has 2 fully saturated rings. The minimum atomic E-state index is -0.468. The van der Waals surface area contributed by atoms with Gasteiger partial charge in [-0.1, -0.05) is 13.8 Å². The lowest BCUT2D eigenvalue weighted by Crippen LogP contribution is -2.57. The first-order valence-electron chi connectivity index (χ1n) is 8.05. The number of nitrogens with two attached hydrogens (primary N) is 1. The molecular weight excluding hydrogens is 252 g/mol. The Bertz CT molecular complexity index is 349. The fraction of sp³-hybridized carbons (Fsp3) is 0.933. The van der Waals surface area contributed by atoms with Crippen LogP contribution in [0.3, 0.4) is 0 Å². The molecule has 5 heteroatoms. The SMILES string of the molecule is CCNC1(C(N)=O)CCC(N2CCN(CC)C(C)C2)C1. The van der Waals surface area contributed by atoms with E-state index < -0.39 is 5.54 Å². The van der Waals surface area contributed by atoms with Crippen molar-refractivity contribution in [1.82, 2.24) is 15.1 Å². The molecule has 1 saturated heterocycles. The molecule has 1 heterocycles. The monoisotopic (exact) mass is 282 g/mol. The molecule has 20 heavy (non-hydrogen) atoms. The summed E-state index contributed by atoms with van der Waals surface area (Å²) in [5.74, 6) is -0.179. The lowest BCUT2D eigenvalue weighted by atomic mass is 9.96. The summed E-state index contributed by atoms with van der Waals surface area (Å²) in [4.78, 5) is 16.9. The molecule has 3 unspecified atom stereocenters. The lowest BCUT2D eigenvalue weighted by molar-refractivity contribution is -0.124. The number of hydrogen-bond acceptors (Lipinski definition) is 4. The number of amides is 1. The van der Waals surface area contributed by atoms with Crippen molar-refractivity contribution in [1.29, 1.82) is 0 Å². The Morgan fingerprint density at radius 2 is 2.15 bits per heavy atom. The minimum Gasteiger partial charge on any atom is -0.368 e. The van der Waals surface area contributed by atoms with Gasteiger partial charge in [0.05, 0.1) is 5.54 Å². The van der Waals surface area contributed by atoms with Gasteiger partial charge in [-0.2, -0.15) is 0 Å². The zero-order valence-electron chi connectivity index (χ0n) is 13.2. The van der Waals surface area contributed by atoms with Crippen molar-refractivity contribution in [3.63, 3.8) is 0 Å². The number of nitrogens with zero attached hydrogens (tertiary/aromatic N) is 2. The number of piperazine rings is 1. The van der Waals surface area contributed by atoms with Crippen LogP contribution in [0.15, 0.2) is 0 Å². The van der Waals surface area contributed by atoms with E-state index in [0.29, 0.717) is 12.1 Å². The summed E-state index contributed by atoms with van der Waals surface area (Å²) in [5, 5.41) is 3.35. The Morgan fingerprint density at radius 1 is 1.40 bits per heavy atom. The Hall–Kier alpha value is -0.650. The molecule has 0 aromatic rings. The third-order valence-corrected chi connectivity index (χ3v) is 5.19. The molecule has 1 aliphatic heterocycles. The highest BCUT2D eigenvalue weighted by Gasteiger charge is 2.45. The third-order valence-electron chi connectivity index (χ3n) is 5.19. The van der Waals surface area contributed by atoms with Gasteiger partial charge in [0, 0.05) is 31.7 Å². The van der Waals surface area contributed by atoms with Crippen molar-refractivity contribution >= 4 is 5.91 Å². The summed E-state index contributed by atoms with van der Waals surface area (Å²) in [7, 11) is 0. The fourth-order valence-electron chi connectivity index (χ4n) is 3.97. The van der Waals surface area contributed by atoms with Crippen LogP contribution in [-0.4, -0.2) is 66.1 Å². The molecular formula is C15H30N4O. The number of nitrogens with one attached hydrogen (secondary N) is 1. The van der Waals surface area contributed by atoms with Crippen LogP contribution in [-0.2, 0) is 4.79 Å². The minimum absolute atomic E-state index is 0.179. The standard InChI is InChI=1S/C15H30N4O/c1-4-17-15(14(16)20)7-6-13(10-15)19-9-8-18(5-2)12(3)11-19/h12-13,17H,4-11H2,1-3H3,(H2,16,20). The second-order valence-corrected chi connectivity index (χ2v) is 6.35. The van der Waals surface area contributed by atoms with E-state index in [4.69, 9.17) is 5.73 Å². The van der Waals surface area contributed by atoms with E-state index in [-0.39, 0.29) is 5.91 Å². The second-order valence-electron chi connectivity index (χ2n) is 6.35. The van der Waals surface area contributed by atoms with Gasteiger partial charge in [0.1, 0.15) is 0 Å². The maximum Gasteiger partial charge on any atom is 0.237 e. The maximum atomic E-state index is 11.8. The molecule has 1 saturated carbocycles. The van der Waals surface area contributed by atoms with E-state index >= 15 is 0 Å². The summed E-state index contributed by atoms with van der Waals surface area (Å²) in [6, 6.07) is 1.11. The van der Waals surface area contributed by atoms with Crippen molar-refractivity contribution < 1.29 is 4.79 Å². The van der Waals surface area contributed by atoms with E-state index in [2.05, 4.69) is 29.0 Å². The molecule has 0 spiro atoms. The zero-order chi connectivity index (χ0) is 14.8. The summed E-state index contributed by atoms with van der Waals surface area (Å²) in [6.45, 7) is 11.9. The van der Waals surface area contributed by atoms with Gasteiger partial charge in [0.15, 0.2) is 0 Å². The summed E-state index contributed by atoms with van der Waals surface area (Å²) in [6.07, 6.45) is 2.83. The van der Waals surface area contributed by atoms with Crippen LogP contribution < -0.4 is 11.1 Å². The second kappa shape index (κ2) is 6.41. The lowest BCUT2D eigenvalue weighted by Gasteiger charge is -2.42. The van der Waals surface area contributed by atoms with Crippen molar-refractivity contribution in [3.8, 4) is 0 Å². The molecule has 0 aromatic carbocycles. The number of hydrogen-bond donors (Lipinski definition) is 2. The highest BCUT2D eigenvalue weighted by Crippen LogP contribution is 2.34. The number of rotatable bonds is 5. The average Bonchev–Trinajstić information content (AvgIpc) is 2.85. The van der Waals surface area contributed by atoms with Crippen molar-refractivity contribution in [2.75, 3.05) is 32.7 Å². The topological polar surface area (TPSA) is 61.6 Å². The first-order valence-corrected chi connectivity index (χ1v) is 8.05. The highest BCUT2D eigenvalue weighted by molar-refractivity contribution is 5.85. The maximum absolute atomic E-state index is 11.8. The fourth-order valence-corrected chi connectivity index (χ4v) is 3.97. The largest absolute Gasteiger partial charge is 0.368 e.